The summed E-state index contributed by atoms with van der Waals surface area (Å²) < 4.78 is 0. The van der Waals surface area contributed by atoms with Crippen LogP contribution >= 0.6 is 11.3 Å². The Balaban J connectivity index is 1.71. The molecule has 0 radical (unpaired) electrons. The summed E-state index contributed by atoms with van der Waals surface area (Å²) in [7, 11) is 0. The fraction of sp³-hybridized carbons (Fsp3) is 0.0833. The largest absolute Gasteiger partial charge is 0.298 e. The van der Waals surface area contributed by atoms with E-state index in [1.54, 1.807) is 0 Å². The van der Waals surface area contributed by atoms with Gasteiger partial charge in [0.05, 0.1) is 10.6 Å². The van der Waals surface area contributed by atoms with E-state index in [0.29, 0.717) is 10.7 Å². The molecule has 0 aliphatic heterocycles. The van der Waals surface area contributed by atoms with Gasteiger partial charge in [0, 0.05) is 11.1 Å². The van der Waals surface area contributed by atoms with E-state index < -0.39 is 0 Å². The Kier molecular flexibility index (Phi) is 5.04. The molecule has 4 heteroatoms. The molecule has 28 heavy (non-hydrogen) atoms. The molecule has 0 aliphatic rings. The van der Waals surface area contributed by atoms with Gasteiger partial charge < -0.3 is 0 Å². The summed E-state index contributed by atoms with van der Waals surface area (Å²) in [5, 5.41) is 3.57. The highest BCUT2D eigenvalue weighted by Gasteiger charge is 2.17. The molecule has 1 heterocycles. The van der Waals surface area contributed by atoms with Gasteiger partial charge in [-0.15, -0.1) is 0 Å². The van der Waals surface area contributed by atoms with Crippen LogP contribution < -0.4 is 5.32 Å². The summed E-state index contributed by atoms with van der Waals surface area (Å²) in [6.07, 6.45) is 0. The summed E-state index contributed by atoms with van der Waals surface area (Å²) in [5.41, 5.74) is 5.91. The average Bonchev–Trinajstić information content (AvgIpc) is 3.15. The standard InChI is InChI=1S/C24H20N2OS/c1-16-13-14-20(15-17(16)2)23(27)26-24-25-21(18-9-5-3-6-10-18)22(28-24)19-11-7-4-8-12-19/h3-15H,1-2H3,(H,25,26,27). The van der Waals surface area contributed by atoms with Gasteiger partial charge in [0.2, 0.25) is 0 Å². The Morgan fingerprint density at radius 2 is 1.46 bits per heavy atom. The van der Waals surface area contributed by atoms with Gasteiger partial charge in [0.1, 0.15) is 0 Å². The quantitative estimate of drug-likeness (QED) is 0.446. The van der Waals surface area contributed by atoms with Crippen LogP contribution in [0.3, 0.4) is 0 Å². The zero-order chi connectivity index (χ0) is 19.5. The van der Waals surface area contributed by atoms with Gasteiger partial charge in [-0.2, -0.15) is 0 Å². The third-order valence-electron chi connectivity index (χ3n) is 4.70. The van der Waals surface area contributed by atoms with E-state index in [-0.39, 0.29) is 5.91 Å². The van der Waals surface area contributed by atoms with Crippen LogP contribution in [-0.2, 0) is 0 Å². The van der Waals surface area contributed by atoms with Crippen molar-refractivity contribution in [3.05, 3.63) is 95.6 Å². The Bertz CT molecular complexity index is 1060. The smallest absolute Gasteiger partial charge is 0.257 e. The molecule has 0 atom stereocenters. The van der Waals surface area contributed by atoms with Crippen LogP contribution in [0.4, 0.5) is 5.13 Å². The minimum absolute atomic E-state index is 0.143. The lowest BCUT2D eigenvalue weighted by atomic mass is 10.1. The van der Waals surface area contributed by atoms with Crippen LogP contribution in [-0.4, -0.2) is 10.9 Å². The summed E-state index contributed by atoms with van der Waals surface area (Å²) in [6, 6.07) is 25.9. The van der Waals surface area contributed by atoms with E-state index in [4.69, 9.17) is 4.98 Å². The maximum atomic E-state index is 12.7. The number of thiazole rings is 1. The second-order valence-electron chi connectivity index (χ2n) is 6.68. The predicted molar refractivity (Wildman–Crippen MR) is 117 cm³/mol. The number of nitrogens with zero attached hydrogens (tertiary/aromatic N) is 1. The average molecular weight is 385 g/mol. The van der Waals surface area contributed by atoms with Crippen molar-refractivity contribution in [3.8, 4) is 21.7 Å². The highest BCUT2D eigenvalue weighted by atomic mass is 32.1. The number of aryl methyl sites for hydroxylation is 2. The number of aromatic nitrogens is 1. The third kappa shape index (κ3) is 3.73. The lowest BCUT2D eigenvalue weighted by molar-refractivity contribution is 0.102. The molecule has 0 unspecified atom stereocenters. The highest BCUT2D eigenvalue weighted by Crippen LogP contribution is 2.39. The van der Waals surface area contributed by atoms with E-state index in [1.165, 1.54) is 16.9 Å². The van der Waals surface area contributed by atoms with Gasteiger partial charge in [0.25, 0.3) is 5.91 Å². The van der Waals surface area contributed by atoms with Crippen molar-refractivity contribution in [3.63, 3.8) is 0 Å². The number of anilines is 1. The van der Waals surface area contributed by atoms with Gasteiger partial charge in [-0.1, -0.05) is 78.1 Å². The number of benzene rings is 3. The molecule has 0 aliphatic carbocycles. The lowest BCUT2D eigenvalue weighted by Crippen LogP contribution is -2.12. The van der Waals surface area contributed by atoms with Crippen molar-refractivity contribution in [2.45, 2.75) is 13.8 Å². The number of carbonyl (C=O) groups excluding carboxylic acids is 1. The molecule has 0 spiro atoms. The van der Waals surface area contributed by atoms with E-state index in [1.807, 2.05) is 80.6 Å². The van der Waals surface area contributed by atoms with Gasteiger partial charge >= 0.3 is 0 Å². The number of nitrogens with one attached hydrogen (secondary N) is 1. The second-order valence-corrected chi connectivity index (χ2v) is 7.68. The summed E-state index contributed by atoms with van der Waals surface area (Å²) in [5.74, 6) is -0.143. The minimum atomic E-state index is -0.143. The van der Waals surface area contributed by atoms with Crippen molar-refractivity contribution < 1.29 is 4.79 Å². The van der Waals surface area contributed by atoms with E-state index in [0.717, 1.165) is 27.3 Å². The van der Waals surface area contributed by atoms with Crippen molar-refractivity contribution in [1.82, 2.24) is 4.98 Å². The Morgan fingerprint density at radius 3 is 2.11 bits per heavy atom. The molecule has 1 aromatic heterocycles. The van der Waals surface area contributed by atoms with Gasteiger partial charge in [-0.25, -0.2) is 4.98 Å². The van der Waals surface area contributed by atoms with Gasteiger partial charge in [-0.05, 0) is 42.7 Å². The molecular formula is C24H20N2OS. The number of carbonyl (C=O) groups is 1. The molecule has 0 saturated carbocycles. The molecule has 1 N–H and O–H groups in total. The predicted octanol–water partition coefficient (Wildman–Crippen LogP) is 6.35. The summed E-state index contributed by atoms with van der Waals surface area (Å²) in [4.78, 5) is 18.5. The van der Waals surface area contributed by atoms with Crippen LogP contribution in [0.5, 0.6) is 0 Å². The van der Waals surface area contributed by atoms with E-state index in [9.17, 15) is 4.79 Å². The van der Waals surface area contributed by atoms with Crippen molar-refractivity contribution in [2.75, 3.05) is 5.32 Å². The first-order valence-electron chi connectivity index (χ1n) is 9.12. The van der Waals surface area contributed by atoms with Crippen LogP contribution in [0.2, 0.25) is 0 Å². The van der Waals surface area contributed by atoms with Crippen LogP contribution in [0.1, 0.15) is 21.5 Å². The van der Waals surface area contributed by atoms with Crippen molar-refractivity contribution in [2.24, 2.45) is 0 Å². The molecular weight excluding hydrogens is 364 g/mol. The lowest BCUT2D eigenvalue weighted by Gasteiger charge is -2.05. The Morgan fingerprint density at radius 1 is 0.821 bits per heavy atom. The monoisotopic (exact) mass is 384 g/mol. The normalized spacial score (nSPS) is 10.6. The van der Waals surface area contributed by atoms with E-state index in [2.05, 4.69) is 17.4 Å². The number of amides is 1. The number of hydrogen-bond donors (Lipinski definition) is 1. The molecule has 138 valence electrons. The topological polar surface area (TPSA) is 42.0 Å². The molecule has 4 rings (SSSR count). The fourth-order valence-corrected chi connectivity index (χ4v) is 3.99. The summed E-state index contributed by atoms with van der Waals surface area (Å²) >= 11 is 1.49. The maximum absolute atomic E-state index is 12.7. The molecule has 4 aromatic rings. The zero-order valence-corrected chi connectivity index (χ0v) is 16.6. The molecule has 1 amide bonds. The SMILES string of the molecule is Cc1ccc(C(=O)Nc2nc(-c3ccccc3)c(-c3ccccc3)s2)cc1C. The molecule has 0 saturated heterocycles. The first-order chi connectivity index (χ1) is 13.6. The fourth-order valence-electron chi connectivity index (χ4n) is 3.00. The second kappa shape index (κ2) is 7.79. The zero-order valence-electron chi connectivity index (χ0n) is 15.8. The molecule has 3 aromatic carbocycles. The molecule has 0 bridgehead atoms. The minimum Gasteiger partial charge on any atom is -0.298 e. The third-order valence-corrected chi connectivity index (χ3v) is 5.72. The van der Waals surface area contributed by atoms with Gasteiger partial charge in [0.15, 0.2) is 5.13 Å². The molecule has 3 nitrogen and oxygen atoms in total. The highest BCUT2D eigenvalue weighted by molar-refractivity contribution is 7.19. The number of hydrogen-bond acceptors (Lipinski definition) is 3. The van der Waals surface area contributed by atoms with Crippen LogP contribution in [0.15, 0.2) is 78.9 Å². The molecule has 0 fully saturated rings. The van der Waals surface area contributed by atoms with Crippen molar-refractivity contribution >= 4 is 22.4 Å². The van der Waals surface area contributed by atoms with E-state index >= 15 is 0 Å². The Hall–Kier alpha value is -3.24. The first-order valence-corrected chi connectivity index (χ1v) is 9.94. The number of rotatable bonds is 4. The Labute approximate surface area is 168 Å². The maximum Gasteiger partial charge on any atom is 0.257 e. The van der Waals surface area contributed by atoms with Crippen LogP contribution in [0, 0.1) is 13.8 Å². The van der Waals surface area contributed by atoms with Gasteiger partial charge in [-0.3, -0.25) is 10.1 Å². The first kappa shape index (κ1) is 18.1. The van der Waals surface area contributed by atoms with Crippen LogP contribution in [0.25, 0.3) is 21.7 Å². The summed E-state index contributed by atoms with van der Waals surface area (Å²) in [6.45, 7) is 4.05. The van der Waals surface area contributed by atoms with Crippen molar-refractivity contribution in [1.29, 1.82) is 0 Å².